The SMILES string of the molecule is CC1=CC(N)C(C)(N=Nc2ccc(S(=O)(=O)[O-])cc2)C=C1.[Na+]. The molecule has 0 aromatic heterocycles. The van der Waals surface area contributed by atoms with E-state index < -0.39 is 15.7 Å². The minimum Gasteiger partial charge on any atom is -0.744 e. The summed E-state index contributed by atoms with van der Waals surface area (Å²) in [5.41, 5.74) is 6.92. The van der Waals surface area contributed by atoms with Gasteiger partial charge in [0.05, 0.1) is 16.6 Å². The molecule has 1 aliphatic carbocycles. The molecule has 0 bridgehead atoms. The van der Waals surface area contributed by atoms with Gasteiger partial charge in [-0.25, -0.2) is 8.42 Å². The van der Waals surface area contributed by atoms with Crippen molar-refractivity contribution in [2.75, 3.05) is 0 Å². The second-order valence-corrected chi connectivity index (χ2v) is 6.52. The van der Waals surface area contributed by atoms with Gasteiger partial charge in [0.15, 0.2) is 0 Å². The number of hydrogen-bond donors (Lipinski definition) is 1. The molecule has 0 radical (unpaired) electrons. The van der Waals surface area contributed by atoms with Crippen LogP contribution < -0.4 is 35.3 Å². The Morgan fingerprint density at radius 1 is 1.27 bits per heavy atom. The van der Waals surface area contributed by atoms with Gasteiger partial charge < -0.3 is 10.3 Å². The third kappa shape index (κ3) is 4.58. The molecule has 0 heterocycles. The summed E-state index contributed by atoms with van der Waals surface area (Å²) in [6, 6.07) is 4.99. The van der Waals surface area contributed by atoms with E-state index in [1.807, 2.05) is 32.1 Å². The Kier molecular flexibility index (Phi) is 6.26. The largest absolute Gasteiger partial charge is 1.00 e. The molecule has 2 atom stereocenters. The van der Waals surface area contributed by atoms with E-state index in [0.717, 1.165) is 5.57 Å². The molecule has 0 aliphatic heterocycles. The molecule has 0 amide bonds. The van der Waals surface area contributed by atoms with Crippen molar-refractivity contribution in [2.45, 2.75) is 30.3 Å². The number of nitrogens with two attached hydrogens (primary N) is 1. The van der Waals surface area contributed by atoms with Gasteiger partial charge in [-0.1, -0.05) is 23.8 Å². The van der Waals surface area contributed by atoms with Crippen LogP contribution in [-0.4, -0.2) is 24.6 Å². The number of nitrogens with zero attached hydrogens (tertiary/aromatic N) is 2. The fourth-order valence-electron chi connectivity index (χ4n) is 1.86. The first-order valence-electron chi connectivity index (χ1n) is 6.33. The van der Waals surface area contributed by atoms with E-state index in [1.54, 1.807) is 0 Å². The predicted octanol–water partition coefficient (Wildman–Crippen LogP) is -0.719. The summed E-state index contributed by atoms with van der Waals surface area (Å²) in [6.07, 6.45) is 5.72. The first kappa shape index (κ1) is 19.2. The molecule has 22 heavy (non-hydrogen) atoms. The van der Waals surface area contributed by atoms with E-state index in [0.29, 0.717) is 5.69 Å². The van der Waals surface area contributed by atoms with Crippen LogP contribution in [0.15, 0.2) is 63.2 Å². The monoisotopic (exact) mass is 329 g/mol. The summed E-state index contributed by atoms with van der Waals surface area (Å²) in [7, 11) is -4.44. The molecular formula is C14H16N3NaO3S. The first-order valence-corrected chi connectivity index (χ1v) is 7.74. The summed E-state index contributed by atoms with van der Waals surface area (Å²) in [5, 5.41) is 8.30. The molecule has 6 nitrogen and oxygen atoms in total. The summed E-state index contributed by atoms with van der Waals surface area (Å²) in [6.45, 7) is 3.81. The molecule has 112 valence electrons. The van der Waals surface area contributed by atoms with Crippen LogP contribution in [0.2, 0.25) is 0 Å². The van der Waals surface area contributed by atoms with Crippen molar-refractivity contribution < 1.29 is 42.5 Å². The van der Waals surface area contributed by atoms with Crippen molar-refractivity contribution >= 4 is 15.8 Å². The van der Waals surface area contributed by atoms with E-state index in [-0.39, 0.29) is 40.5 Å². The number of benzene rings is 1. The molecule has 1 aromatic carbocycles. The molecule has 0 saturated heterocycles. The van der Waals surface area contributed by atoms with Crippen molar-refractivity contribution in [3.8, 4) is 0 Å². The molecule has 0 fully saturated rings. The minimum atomic E-state index is -4.44. The van der Waals surface area contributed by atoms with E-state index in [1.165, 1.54) is 24.3 Å². The Balaban J connectivity index is 0.00000242. The fourth-order valence-corrected chi connectivity index (χ4v) is 2.33. The van der Waals surface area contributed by atoms with Gasteiger partial charge in [0.2, 0.25) is 0 Å². The normalized spacial score (nSPS) is 24.9. The molecule has 1 aromatic rings. The van der Waals surface area contributed by atoms with Crippen LogP contribution in [0.5, 0.6) is 0 Å². The summed E-state index contributed by atoms with van der Waals surface area (Å²) in [4.78, 5) is -0.291. The summed E-state index contributed by atoms with van der Waals surface area (Å²) >= 11 is 0. The van der Waals surface area contributed by atoms with Gasteiger partial charge in [-0.3, -0.25) is 0 Å². The van der Waals surface area contributed by atoms with E-state index >= 15 is 0 Å². The summed E-state index contributed by atoms with van der Waals surface area (Å²) < 4.78 is 32.5. The van der Waals surface area contributed by atoms with Crippen molar-refractivity contribution in [3.05, 3.63) is 48.1 Å². The number of allylic oxidation sites excluding steroid dienone is 2. The maximum atomic E-state index is 10.8. The second kappa shape index (κ2) is 7.16. The molecule has 2 unspecified atom stereocenters. The quantitative estimate of drug-likeness (QED) is 0.448. The number of azo groups is 1. The zero-order valence-corrected chi connectivity index (χ0v) is 15.5. The van der Waals surface area contributed by atoms with Crippen LogP contribution in [0.3, 0.4) is 0 Å². The Morgan fingerprint density at radius 2 is 1.86 bits per heavy atom. The van der Waals surface area contributed by atoms with Crippen LogP contribution in [0.4, 0.5) is 5.69 Å². The molecule has 2 N–H and O–H groups in total. The van der Waals surface area contributed by atoms with Gasteiger partial charge in [0.1, 0.15) is 15.7 Å². The maximum absolute atomic E-state index is 10.8. The Morgan fingerprint density at radius 3 is 2.36 bits per heavy atom. The minimum absolute atomic E-state index is 0. The third-order valence-corrected chi connectivity index (χ3v) is 4.16. The smallest absolute Gasteiger partial charge is 0.744 e. The zero-order chi connectivity index (χ0) is 15.7. The average molecular weight is 329 g/mol. The summed E-state index contributed by atoms with van der Waals surface area (Å²) in [5.74, 6) is 0. The predicted molar refractivity (Wildman–Crippen MR) is 78.2 cm³/mol. The number of hydrogen-bond acceptors (Lipinski definition) is 6. The Labute approximate surface area is 152 Å². The van der Waals surface area contributed by atoms with Gasteiger partial charge in [0.25, 0.3) is 0 Å². The van der Waals surface area contributed by atoms with E-state index in [9.17, 15) is 13.0 Å². The third-order valence-electron chi connectivity index (χ3n) is 3.31. The molecule has 8 heteroatoms. The standard InChI is InChI=1S/C14H17N3O3S.Na/c1-10-7-8-14(2,13(15)9-10)17-16-11-3-5-12(6-4-11)21(18,19)20;/h3-9,13H,15H2,1-2H3,(H,18,19,20);/q;+1/p-1. The molecular weight excluding hydrogens is 313 g/mol. The molecule has 0 saturated carbocycles. The van der Waals surface area contributed by atoms with Gasteiger partial charge in [-0.2, -0.15) is 10.2 Å². The van der Waals surface area contributed by atoms with Gasteiger partial charge in [-0.05, 0) is 38.1 Å². The van der Waals surface area contributed by atoms with Crippen molar-refractivity contribution in [1.29, 1.82) is 0 Å². The van der Waals surface area contributed by atoms with Crippen LogP contribution in [-0.2, 0) is 10.1 Å². The van der Waals surface area contributed by atoms with E-state index in [2.05, 4.69) is 10.2 Å². The zero-order valence-electron chi connectivity index (χ0n) is 12.7. The van der Waals surface area contributed by atoms with Crippen molar-refractivity contribution in [2.24, 2.45) is 16.0 Å². The van der Waals surface area contributed by atoms with E-state index in [4.69, 9.17) is 5.73 Å². The topological polar surface area (TPSA) is 108 Å². The Hall–Kier alpha value is -0.830. The van der Waals surface area contributed by atoms with Crippen LogP contribution in [0.1, 0.15) is 13.8 Å². The van der Waals surface area contributed by atoms with Gasteiger partial charge in [0, 0.05) is 0 Å². The first-order chi connectivity index (χ1) is 9.71. The average Bonchev–Trinajstić information content (AvgIpc) is 2.41. The van der Waals surface area contributed by atoms with Gasteiger partial charge >= 0.3 is 29.6 Å². The molecule has 1 aliphatic rings. The van der Waals surface area contributed by atoms with Crippen molar-refractivity contribution in [1.82, 2.24) is 0 Å². The van der Waals surface area contributed by atoms with Crippen LogP contribution in [0.25, 0.3) is 0 Å². The van der Waals surface area contributed by atoms with Crippen LogP contribution >= 0.6 is 0 Å². The fraction of sp³-hybridized carbons (Fsp3) is 0.286. The maximum Gasteiger partial charge on any atom is 1.00 e. The second-order valence-electron chi connectivity index (χ2n) is 5.14. The molecule has 0 spiro atoms. The van der Waals surface area contributed by atoms with Crippen molar-refractivity contribution in [3.63, 3.8) is 0 Å². The Bertz CT molecular complexity index is 726. The molecule has 2 rings (SSSR count). The number of rotatable bonds is 3. The van der Waals surface area contributed by atoms with Crippen LogP contribution in [0, 0.1) is 0 Å². The van der Waals surface area contributed by atoms with Gasteiger partial charge in [-0.15, -0.1) is 0 Å².